The minimum atomic E-state index is -0.708. The van der Waals surface area contributed by atoms with Gasteiger partial charge in [-0.05, 0) is 32.6 Å². The summed E-state index contributed by atoms with van der Waals surface area (Å²) in [6.07, 6.45) is 7.77. The fourth-order valence-electron chi connectivity index (χ4n) is 2.10. The van der Waals surface area contributed by atoms with Crippen LogP contribution >= 0.6 is 0 Å². The predicted molar refractivity (Wildman–Crippen MR) is 71.9 cm³/mol. The molecule has 0 unspecified atom stereocenters. The lowest BCUT2D eigenvalue weighted by molar-refractivity contribution is -0.136. The fraction of sp³-hybridized carbons (Fsp3) is 0.786. The smallest absolute Gasteiger partial charge is 0.364 e. The average Bonchev–Trinajstić information content (AvgIpc) is 2.31. The van der Waals surface area contributed by atoms with E-state index >= 15 is 0 Å². The van der Waals surface area contributed by atoms with Crippen LogP contribution in [0.1, 0.15) is 58.8 Å². The highest BCUT2D eigenvalue weighted by molar-refractivity contribution is 6.63. The molecule has 0 aromatic rings. The van der Waals surface area contributed by atoms with E-state index in [1.54, 1.807) is 6.92 Å². The van der Waals surface area contributed by atoms with E-state index in [4.69, 9.17) is 9.57 Å². The Balaban J connectivity index is 2.57. The normalized spacial score (nSPS) is 18.3. The molecule has 1 aliphatic rings. The highest BCUT2D eigenvalue weighted by atomic mass is 16.6. The number of oxime groups is 1. The van der Waals surface area contributed by atoms with Crippen molar-refractivity contribution in [2.75, 3.05) is 6.61 Å². The van der Waals surface area contributed by atoms with Gasteiger partial charge in [0.1, 0.15) is 6.10 Å². The van der Waals surface area contributed by atoms with Gasteiger partial charge in [0.25, 0.3) is 0 Å². The van der Waals surface area contributed by atoms with E-state index in [9.17, 15) is 9.59 Å². The number of carbonyl (C=O) groups is 2. The topological polar surface area (TPSA) is 65.0 Å². The van der Waals surface area contributed by atoms with Crippen molar-refractivity contribution in [3.05, 3.63) is 0 Å². The zero-order valence-electron chi connectivity index (χ0n) is 11.8. The standard InChI is InChI=1S/C14H23NO4/c1-3-18-14(17)13(11(2)16)15-19-12-9-7-5-4-6-8-10-12/h12H,3-10H2,1-2H3/b15-13-. The first-order chi connectivity index (χ1) is 9.15. The minimum Gasteiger partial charge on any atom is -0.461 e. The van der Waals surface area contributed by atoms with Crippen LogP contribution in [0.3, 0.4) is 0 Å². The van der Waals surface area contributed by atoms with Gasteiger partial charge < -0.3 is 9.57 Å². The van der Waals surface area contributed by atoms with Gasteiger partial charge in [0.05, 0.1) is 6.61 Å². The van der Waals surface area contributed by atoms with Crippen LogP contribution in [0.15, 0.2) is 5.16 Å². The Morgan fingerprint density at radius 3 is 2.21 bits per heavy atom. The molecule has 0 aliphatic heterocycles. The molecule has 19 heavy (non-hydrogen) atoms. The molecule has 1 fully saturated rings. The lowest BCUT2D eigenvalue weighted by Crippen LogP contribution is -2.26. The van der Waals surface area contributed by atoms with E-state index in [1.165, 1.54) is 26.2 Å². The Hall–Kier alpha value is -1.39. The Kier molecular flexibility index (Phi) is 7.15. The van der Waals surface area contributed by atoms with Crippen molar-refractivity contribution >= 4 is 17.5 Å². The second-order valence-electron chi connectivity index (χ2n) is 4.79. The molecule has 0 radical (unpaired) electrons. The van der Waals surface area contributed by atoms with Gasteiger partial charge in [-0.2, -0.15) is 0 Å². The van der Waals surface area contributed by atoms with Crippen LogP contribution in [0, 0.1) is 0 Å². The number of nitrogens with zero attached hydrogens (tertiary/aromatic N) is 1. The molecule has 5 heteroatoms. The van der Waals surface area contributed by atoms with E-state index < -0.39 is 11.8 Å². The molecule has 0 saturated heterocycles. The van der Waals surface area contributed by atoms with Gasteiger partial charge in [-0.15, -0.1) is 0 Å². The molecule has 0 amide bonds. The van der Waals surface area contributed by atoms with Crippen LogP contribution in [0.5, 0.6) is 0 Å². The molecule has 1 rings (SSSR count). The lowest BCUT2D eigenvalue weighted by Gasteiger charge is -2.17. The second-order valence-corrected chi connectivity index (χ2v) is 4.79. The van der Waals surface area contributed by atoms with Crippen LogP contribution in [-0.2, 0) is 19.2 Å². The van der Waals surface area contributed by atoms with Crippen molar-refractivity contribution in [3.8, 4) is 0 Å². The van der Waals surface area contributed by atoms with Crippen molar-refractivity contribution in [2.45, 2.75) is 64.9 Å². The molecule has 0 aromatic heterocycles. The van der Waals surface area contributed by atoms with E-state index in [2.05, 4.69) is 5.16 Å². The SMILES string of the molecule is CCOC(=O)/C(=N\OC1CCCCCCC1)C(C)=O. The van der Waals surface area contributed by atoms with Crippen molar-refractivity contribution in [1.29, 1.82) is 0 Å². The highest BCUT2D eigenvalue weighted by Gasteiger charge is 2.20. The molecule has 5 nitrogen and oxygen atoms in total. The molecular weight excluding hydrogens is 246 g/mol. The first-order valence-electron chi connectivity index (χ1n) is 7.07. The average molecular weight is 269 g/mol. The molecule has 1 aliphatic carbocycles. The largest absolute Gasteiger partial charge is 0.461 e. The highest BCUT2D eigenvalue weighted by Crippen LogP contribution is 2.19. The molecule has 0 bridgehead atoms. The summed E-state index contributed by atoms with van der Waals surface area (Å²) in [7, 11) is 0. The molecule has 0 heterocycles. The maximum atomic E-state index is 11.5. The quantitative estimate of drug-likeness (QED) is 0.333. The Morgan fingerprint density at radius 1 is 1.11 bits per heavy atom. The van der Waals surface area contributed by atoms with Crippen molar-refractivity contribution < 1.29 is 19.2 Å². The molecular formula is C14H23NO4. The van der Waals surface area contributed by atoms with E-state index in [1.807, 2.05) is 0 Å². The lowest BCUT2D eigenvalue weighted by atomic mass is 9.99. The predicted octanol–water partition coefficient (Wildman–Crippen LogP) is 2.62. The van der Waals surface area contributed by atoms with Crippen LogP contribution in [0.4, 0.5) is 0 Å². The van der Waals surface area contributed by atoms with E-state index in [0.717, 1.165) is 25.7 Å². The first kappa shape index (κ1) is 15.7. The third-order valence-corrected chi connectivity index (χ3v) is 3.15. The number of rotatable bonds is 5. The fourth-order valence-corrected chi connectivity index (χ4v) is 2.10. The minimum absolute atomic E-state index is 0.00377. The van der Waals surface area contributed by atoms with Crippen LogP contribution in [-0.4, -0.2) is 30.2 Å². The van der Waals surface area contributed by atoms with Crippen LogP contribution < -0.4 is 0 Å². The summed E-state index contributed by atoms with van der Waals surface area (Å²) in [6, 6.07) is 0. The number of ketones is 1. The van der Waals surface area contributed by atoms with E-state index in [-0.39, 0.29) is 18.4 Å². The zero-order valence-corrected chi connectivity index (χ0v) is 11.8. The molecule has 108 valence electrons. The Morgan fingerprint density at radius 2 is 1.68 bits per heavy atom. The Labute approximate surface area is 114 Å². The summed E-state index contributed by atoms with van der Waals surface area (Å²) in [5, 5.41) is 3.73. The molecule has 0 atom stereocenters. The van der Waals surface area contributed by atoms with Crippen molar-refractivity contribution in [3.63, 3.8) is 0 Å². The first-order valence-corrected chi connectivity index (χ1v) is 7.07. The van der Waals surface area contributed by atoms with Gasteiger partial charge in [0.2, 0.25) is 5.71 Å². The van der Waals surface area contributed by atoms with Gasteiger partial charge in [-0.3, -0.25) is 4.79 Å². The molecule has 0 aromatic carbocycles. The van der Waals surface area contributed by atoms with Crippen molar-refractivity contribution in [2.24, 2.45) is 5.16 Å². The Bertz CT molecular complexity index is 330. The number of hydrogen-bond donors (Lipinski definition) is 0. The summed E-state index contributed by atoms with van der Waals surface area (Å²) in [5.74, 6) is -1.13. The number of hydrogen-bond acceptors (Lipinski definition) is 5. The van der Waals surface area contributed by atoms with E-state index in [0.29, 0.717) is 0 Å². The van der Waals surface area contributed by atoms with Gasteiger partial charge in [-0.1, -0.05) is 24.4 Å². The van der Waals surface area contributed by atoms with Gasteiger partial charge in [-0.25, -0.2) is 4.79 Å². The number of Topliss-reactive ketones (excluding diaryl/α,β-unsaturated/α-hetero) is 1. The molecule has 0 spiro atoms. The third kappa shape index (κ3) is 5.85. The summed E-state index contributed by atoms with van der Waals surface area (Å²) < 4.78 is 4.78. The molecule has 0 N–H and O–H groups in total. The van der Waals surface area contributed by atoms with Crippen LogP contribution in [0.2, 0.25) is 0 Å². The summed E-state index contributed by atoms with van der Waals surface area (Å²) >= 11 is 0. The molecule has 1 saturated carbocycles. The number of carbonyl (C=O) groups excluding carboxylic acids is 2. The van der Waals surface area contributed by atoms with Crippen LogP contribution in [0.25, 0.3) is 0 Å². The summed E-state index contributed by atoms with van der Waals surface area (Å²) in [6.45, 7) is 3.19. The zero-order chi connectivity index (χ0) is 14.1. The van der Waals surface area contributed by atoms with Gasteiger partial charge in [0.15, 0.2) is 5.78 Å². The summed E-state index contributed by atoms with van der Waals surface area (Å²) in [5.41, 5.74) is -0.246. The number of esters is 1. The third-order valence-electron chi connectivity index (χ3n) is 3.15. The second kappa shape index (κ2) is 8.67. The maximum Gasteiger partial charge on any atom is 0.364 e. The summed E-state index contributed by atoms with van der Waals surface area (Å²) in [4.78, 5) is 28.2. The monoisotopic (exact) mass is 269 g/mol. The maximum absolute atomic E-state index is 11.5. The van der Waals surface area contributed by atoms with Gasteiger partial charge >= 0.3 is 5.97 Å². The van der Waals surface area contributed by atoms with Gasteiger partial charge in [0, 0.05) is 6.92 Å². The number of ether oxygens (including phenoxy) is 1. The van der Waals surface area contributed by atoms with Crippen molar-refractivity contribution in [1.82, 2.24) is 0 Å².